The molecular formula is C19H25N3O2. The molecule has 128 valence electrons. The summed E-state index contributed by atoms with van der Waals surface area (Å²) in [5.74, 6) is 0.0811. The second kappa shape index (κ2) is 5.90. The van der Waals surface area contributed by atoms with Gasteiger partial charge >= 0.3 is 0 Å². The van der Waals surface area contributed by atoms with Gasteiger partial charge in [-0.15, -0.1) is 0 Å². The first-order chi connectivity index (χ1) is 11.6. The molecule has 0 bridgehead atoms. The number of hydrogen-bond acceptors (Lipinski definition) is 3. The van der Waals surface area contributed by atoms with Crippen LogP contribution in [0.15, 0.2) is 30.5 Å². The number of nitrogens with one attached hydrogen (secondary N) is 1. The Morgan fingerprint density at radius 1 is 1.29 bits per heavy atom. The number of fused-ring (bicyclic) bond motifs is 1. The number of aromatic nitrogens is 1. The summed E-state index contributed by atoms with van der Waals surface area (Å²) in [6, 6.07) is 7.81. The number of benzene rings is 1. The number of carbonyl (C=O) groups is 1. The normalized spacial score (nSPS) is 28.6. The third-order valence-electron chi connectivity index (χ3n) is 5.77. The van der Waals surface area contributed by atoms with Crippen molar-refractivity contribution in [2.75, 3.05) is 33.2 Å². The second-order valence-electron chi connectivity index (χ2n) is 7.51. The molecule has 5 nitrogen and oxygen atoms in total. The van der Waals surface area contributed by atoms with E-state index >= 15 is 0 Å². The van der Waals surface area contributed by atoms with Crippen LogP contribution in [0.4, 0.5) is 0 Å². The number of amides is 1. The Bertz CT molecular complexity index is 756. The molecule has 0 radical (unpaired) electrons. The lowest BCUT2D eigenvalue weighted by Gasteiger charge is -2.50. The SMILES string of the molecule is CN1CC[C@H](O)[C@@]2(CCCN(C(=O)c3ccc4[nH]ccc4c3)C2)C1. The number of likely N-dealkylation sites (tertiary alicyclic amines) is 2. The van der Waals surface area contributed by atoms with E-state index in [1.807, 2.05) is 35.4 Å². The minimum Gasteiger partial charge on any atom is -0.392 e. The molecule has 4 rings (SSSR count). The van der Waals surface area contributed by atoms with Crippen LogP contribution in [0, 0.1) is 5.41 Å². The molecule has 1 aromatic heterocycles. The highest BCUT2D eigenvalue weighted by Crippen LogP contribution is 2.38. The zero-order valence-electron chi connectivity index (χ0n) is 14.2. The maximum atomic E-state index is 13.0. The third-order valence-corrected chi connectivity index (χ3v) is 5.77. The number of nitrogens with zero attached hydrogens (tertiary/aromatic N) is 2. The summed E-state index contributed by atoms with van der Waals surface area (Å²) in [4.78, 5) is 20.4. The molecule has 5 heteroatoms. The molecule has 2 atom stereocenters. The number of aliphatic hydroxyl groups is 1. The standard InChI is InChI=1S/C19H25N3O2/c1-21-10-6-17(23)19(12-21)7-2-9-22(13-19)18(24)15-3-4-16-14(11-15)5-8-20-16/h3-5,8,11,17,20,23H,2,6-7,9-10,12-13H2,1H3/t17-,19-/m0/s1. The number of piperidine rings is 2. The molecule has 3 heterocycles. The number of H-pyrrole nitrogens is 1. The summed E-state index contributed by atoms with van der Waals surface area (Å²) in [5.41, 5.74) is 1.61. The summed E-state index contributed by atoms with van der Waals surface area (Å²) in [6.07, 6.45) is 4.34. The molecule has 2 aliphatic rings. The number of hydrogen-bond donors (Lipinski definition) is 2. The van der Waals surface area contributed by atoms with E-state index in [1.165, 1.54) is 0 Å². The average molecular weight is 327 g/mol. The van der Waals surface area contributed by atoms with Crippen molar-refractivity contribution in [1.29, 1.82) is 0 Å². The zero-order valence-corrected chi connectivity index (χ0v) is 14.2. The largest absolute Gasteiger partial charge is 0.392 e. The van der Waals surface area contributed by atoms with Gasteiger partial charge in [-0.3, -0.25) is 4.79 Å². The van der Waals surface area contributed by atoms with Crippen molar-refractivity contribution in [2.24, 2.45) is 5.41 Å². The molecule has 0 saturated carbocycles. The predicted octanol–water partition coefficient (Wildman–Crippen LogP) is 2.09. The van der Waals surface area contributed by atoms with Crippen molar-refractivity contribution in [1.82, 2.24) is 14.8 Å². The maximum absolute atomic E-state index is 13.0. The van der Waals surface area contributed by atoms with E-state index in [-0.39, 0.29) is 17.4 Å². The quantitative estimate of drug-likeness (QED) is 0.843. The van der Waals surface area contributed by atoms with Crippen molar-refractivity contribution < 1.29 is 9.90 Å². The van der Waals surface area contributed by atoms with Gasteiger partial charge in [-0.2, -0.15) is 0 Å². The van der Waals surface area contributed by atoms with Gasteiger partial charge in [0.05, 0.1) is 6.10 Å². The predicted molar refractivity (Wildman–Crippen MR) is 94.0 cm³/mol. The summed E-state index contributed by atoms with van der Waals surface area (Å²) in [6.45, 7) is 3.24. The van der Waals surface area contributed by atoms with Gasteiger partial charge < -0.3 is 19.9 Å². The highest BCUT2D eigenvalue weighted by atomic mass is 16.3. The van der Waals surface area contributed by atoms with Gasteiger partial charge in [-0.1, -0.05) is 0 Å². The number of aromatic amines is 1. The highest BCUT2D eigenvalue weighted by Gasteiger charge is 2.45. The van der Waals surface area contributed by atoms with Gasteiger partial charge in [0.1, 0.15) is 0 Å². The zero-order chi connectivity index (χ0) is 16.7. The molecule has 2 saturated heterocycles. The Morgan fingerprint density at radius 3 is 3.04 bits per heavy atom. The van der Waals surface area contributed by atoms with E-state index < -0.39 is 0 Å². The molecule has 1 amide bonds. The Morgan fingerprint density at radius 2 is 2.17 bits per heavy atom. The highest BCUT2D eigenvalue weighted by molar-refractivity contribution is 5.98. The fourth-order valence-electron chi connectivity index (χ4n) is 4.47. The van der Waals surface area contributed by atoms with Crippen LogP contribution in [0.25, 0.3) is 10.9 Å². The fraction of sp³-hybridized carbons (Fsp3) is 0.526. The number of carbonyl (C=O) groups excluding carboxylic acids is 1. The Labute approximate surface area is 142 Å². The smallest absolute Gasteiger partial charge is 0.253 e. The number of rotatable bonds is 1. The molecule has 1 spiro atoms. The van der Waals surface area contributed by atoms with Gasteiger partial charge in [0.15, 0.2) is 0 Å². The topological polar surface area (TPSA) is 59.6 Å². The lowest BCUT2D eigenvalue weighted by atomic mass is 9.71. The molecule has 0 unspecified atom stereocenters. The minimum atomic E-state index is -0.309. The lowest BCUT2D eigenvalue weighted by molar-refractivity contribution is -0.0731. The number of aliphatic hydroxyl groups excluding tert-OH is 1. The van der Waals surface area contributed by atoms with Gasteiger partial charge in [-0.25, -0.2) is 0 Å². The first-order valence-electron chi connectivity index (χ1n) is 8.80. The molecule has 2 fully saturated rings. The van der Waals surface area contributed by atoms with Crippen LogP contribution in [0.1, 0.15) is 29.6 Å². The van der Waals surface area contributed by atoms with Crippen LogP contribution < -0.4 is 0 Å². The second-order valence-corrected chi connectivity index (χ2v) is 7.51. The van der Waals surface area contributed by atoms with Crippen molar-refractivity contribution >= 4 is 16.8 Å². The lowest BCUT2D eigenvalue weighted by Crippen LogP contribution is -2.59. The first kappa shape index (κ1) is 15.7. The van der Waals surface area contributed by atoms with Crippen LogP contribution in [0.2, 0.25) is 0 Å². The Kier molecular flexibility index (Phi) is 3.85. The monoisotopic (exact) mass is 327 g/mol. The van der Waals surface area contributed by atoms with E-state index in [0.717, 1.165) is 55.4 Å². The van der Waals surface area contributed by atoms with Gasteiger partial charge in [0, 0.05) is 54.3 Å². The van der Waals surface area contributed by atoms with Crippen LogP contribution in [-0.4, -0.2) is 65.1 Å². The molecule has 2 N–H and O–H groups in total. The Hall–Kier alpha value is -1.85. The van der Waals surface area contributed by atoms with Crippen LogP contribution in [-0.2, 0) is 0 Å². The summed E-state index contributed by atoms with van der Waals surface area (Å²) < 4.78 is 0. The van der Waals surface area contributed by atoms with Crippen molar-refractivity contribution in [3.8, 4) is 0 Å². The molecule has 24 heavy (non-hydrogen) atoms. The molecule has 1 aromatic carbocycles. The van der Waals surface area contributed by atoms with Gasteiger partial charge in [-0.05, 0) is 50.6 Å². The third kappa shape index (κ3) is 2.62. The van der Waals surface area contributed by atoms with E-state index in [2.05, 4.69) is 16.9 Å². The van der Waals surface area contributed by atoms with Crippen molar-refractivity contribution in [2.45, 2.75) is 25.4 Å². The van der Waals surface area contributed by atoms with E-state index in [0.29, 0.717) is 6.54 Å². The van der Waals surface area contributed by atoms with E-state index in [9.17, 15) is 9.90 Å². The first-order valence-corrected chi connectivity index (χ1v) is 8.80. The fourth-order valence-corrected chi connectivity index (χ4v) is 4.47. The van der Waals surface area contributed by atoms with E-state index in [1.54, 1.807) is 0 Å². The molecule has 0 aliphatic carbocycles. The van der Waals surface area contributed by atoms with Crippen LogP contribution in [0.5, 0.6) is 0 Å². The molecular weight excluding hydrogens is 302 g/mol. The van der Waals surface area contributed by atoms with E-state index in [4.69, 9.17) is 0 Å². The minimum absolute atomic E-state index is 0.0811. The van der Waals surface area contributed by atoms with Gasteiger partial charge in [0.25, 0.3) is 5.91 Å². The summed E-state index contributed by atoms with van der Waals surface area (Å²) >= 11 is 0. The summed E-state index contributed by atoms with van der Waals surface area (Å²) in [5, 5.41) is 11.7. The van der Waals surface area contributed by atoms with Crippen LogP contribution >= 0.6 is 0 Å². The van der Waals surface area contributed by atoms with Gasteiger partial charge in [0.2, 0.25) is 0 Å². The molecule has 2 aliphatic heterocycles. The average Bonchev–Trinajstić information content (AvgIpc) is 3.05. The van der Waals surface area contributed by atoms with Crippen molar-refractivity contribution in [3.63, 3.8) is 0 Å². The Balaban J connectivity index is 1.57. The summed E-state index contributed by atoms with van der Waals surface area (Å²) in [7, 11) is 2.11. The molecule has 2 aromatic rings. The van der Waals surface area contributed by atoms with Crippen LogP contribution in [0.3, 0.4) is 0 Å². The van der Waals surface area contributed by atoms with Crippen molar-refractivity contribution in [3.05, 3.63) is 36.0 Å². The maximum Gasteiger partial charge on any atom is 0.253 e.